The summed E-state index contributed by atoms with van der Waals surface area (Å²) in [7, 11) is 0. The molecule has 2 aromatic carbocycles. The average molecular weight is 349 g/mol. The molecular formula is C22H23NO3. The highest BCUT2D eigenvalue weighted by atomic mass is 16.5. The Bertz CT molecular complexity index is 797. The number of hydrogen-bond acceptors (Lipinski definition) is 3. The van der Waals surface area contributed by atoms with E-state index in [1.54, 1.807) is 26.0 Å². The monoisotopic (exact) mass is 349 g/mol. The van der Waals surface area contributed by atoms with Crippen molar-refractivity contribution >= 4 is 18.1 Å². The van der Waals surface area contributed by atoms with Crippen LogP contribution in [0.2, 0.25) is 0 Å². The normalized spacial score (nSPS) is 11.3. The molecule has 4 heteroatoms. The Morgan fingerprint density at radius 1 is 1.08 bits per heavy atom. The molecule has 0 aliphatic rings. The second kappa shape index (κ2) is 8.87. The van der Waals surface area contributed by atoms with Gasteiger partial charge < -0.3 is 9.84 Å². The number of rotatable bonds is 8. The summed E-state index contributed by atoms with van der Waals surface area (Å²) < 4.78 is 5.68. The number of nitrogens with zero attached hydrogens (tertiary/aromatic N) is 1. The van der Waals surface area contributed by atoms with Crippen molar-refractivity contribution in [2.24, 2.45) is 5.41 Å². The van der Waals surface area contributed by atoms with Crippen molar-refractivity contribution in [1.29, 1.82) is 5.26 Å². The predicted octanol–water partition coefficient (Wildman–Crippen LogP) is 5.00. The fourth-order valence-corrected chi connectivity index (χ4v) is 2.35. The number of carboxylic acids is 1. The highest BCUT2D eigenvalue weighted by molar-refractivity contribution is 5.73. The molecule has 2 aromatic rings. The van der Waals surface area contributed by atoms with E-state index in [1.807, 2.05) is 48.6 Å². The maximum absolute atomic E-state index is 11.1. The predicted molar refractivity (Wildman–Crippen MR) is 103 cm³/mol. The Kier molecular flexibility index (Phi) is 6.57. The van der Waals surface area contributed by atoms with Crippen LogP contribution in [0.1, 0.15) is 43.4 Å². The lowest BCUT2D eigenvalue weighted by molar-refractivity contribution is -0.147. The summed E-state index contributed by atoms with van der Waals surface area (Å²) in [6.07, 6.45) is 5.26. The zero-order valence-corrected chi connectivity index (χ0v) is 15.1. The fraction of sp³-hybridized carbons (Fsp3) is 0.273. The van der Waals surface area contributed by atoms with Gasteiger partial charge in [-0.1, -0.05) is 36.4 Å². The second-order valence-electron chi connectivity index (χ2n) is 6.78. The van der Waals surface area contributed by atoms with Gasteiger partial charge in [0.25, 0.3) is 0 Å². The summed E-state index contributed by atoms with van der Waals surface area (Å²) in [5.41, 5.74) is 2.01. The number of nitriles is 1. The van der Waals surface area contributed by atoms with Crippen LogP contribution in [-0.4, -0.2) is 17.7 Å². The summed E-state index contributed by atoms with van der Waals surface area (Å²) in [6, 6.07) is 17.3. The molecule has 0 bridgehead atoms. The van der Waals surface area contributed by atoms with Gasteiger partial charge in [-0.3, -0.25) is 4.79 Å². The first-order valence-corrected chi connectivity index (χ1v) is 8.55. The van der Waals surface area contributed by atoms with Crippen LogP contribution < -0.4 is 4.74 Å². The number of aliphatic carboxylic acids is 1. The molecule has 0 saturated carbocycles. The Morgan fingerprint density at radius 2 is 1.62 bits per heavy atom. The Morgan fingerprint density at radius 3 is 2.12 bits per heavy atom. The molecule has 0 amide bonds. The highest BCUT2D eigenvalue weighted by Crippen LogP contribution is 2.23. The van der Waals surface area contributed by atoms with E-state index < -0.39 is 11.4 Å². The molecule has 1 N–H and O–H groups in total. The Balaban J connectivity index is 1.83. The van der Waals surface area contributed by atoms with Crippen molar-refractivity contribution in [2.75, 3.05) is 6.61 Å². The quantitative estimate of drug-likeness (QED) is 0.538. The Hall–Kier alpha value is -3.06. The van der Waals surface area contributed by atoms with Crippen LogP contribution >= 0.6 is 0 Å². The molecule has 2 rings (SSSR count). The van der Waals surface area contributed by atoms with Crippen molar-refractivity contribution in [3.05, 3.63) is 65.2 Å². The topological polar surface area (TPSA) is 70.3 Å². The first kappa shape index (κ1) is 19.3. The summed E-state index contributed by atoms with van der Waals surface area (Å²) in [4.78, 5) is 11.1. The lowest BCUT2D eigenvalue weighted by Crippen LogP contribution is -2.24. The van der Waals surface area contributed by atoms with Crippen LogP contribution in [0.3, 0.4) is 0 Å². The van der Waals surface area contributed by atoms with E-state index in [-0.39, 0.29) is 0 Å². The average Bonchev–Trinajstić information content (AvgIpc) is 2.65. The lowest BCUT2D eigenvalue weighted by atomic mass is 9.88. The van der Waals surface area contributed by atoms with Crippen LogP contribution in [0.4, 0.5) is 0 Å². The van der Waals surface area contributed by atoms with E-state index in [0.29, 0.717) is 25.0 Å². The first-order chi connectivity index (χ1) is 12.4. The highest BCUT2D eigenvalue weighted by Gasteiger charge is 2.26. The molecule has 0 saturated heterocycles. The minimum atomic E-state index is -0.782. The third kappa shape index (κ3) is 5.78. The van der Waals surface area contributed by atoms with E-state index in [4.69, 9.17) is 15.1 Å². The van der Waals surface area contributed by atoms with Crippen molar-refractivity contribution in [2.45, 2.75) is 26.7 Å². The largest absolute Gasteiger partial charge is 0.494 e. The van der Waals surface area contributed by atoms with Gasteiger partial charge in [0.05, 0.1) is 23.7 Å². The zero-order valence-electron chi connectivity index (χ0n) is 15.1. The third-order valence-corrected chi connectivity index (χ3v) is 4.18. The molecule has 0 aliphatic carbocycles. The van der Waals surface area contributed by atoms with Gasteiger partial charge in [0, 0.05) is 0 Å². The van der Waals surface area contributed by atoms with Gasteiger partial charge >= 0.3 is 5.97 Å². The molecule has 0 atom stereocenters. The summed E-state index contributed by atoms with van der Waals surface area (Å²) in [5.74, 6) is -0.00967. The Labute approximate surface area is 154 Å². The van der Waals surface area contributed by atoms with Crippen LogP contribution in [0.5, 0.6) is 5.75 Å². The van der Waals surface area contributed by atoms with Gasteiger partial charge in [-0.05, 0) is 62.1 Å². The van der Waals surface area contributed by atoms with E-state index in [2.05, 4.69) is 6.07 Å². The number of ether oxygens (including phenoxy) is 1. The number of carbonyl (C=O) groups is 1. The summed E-state index contributed by atoms with van der Waals surface area (Å²) >= 11 is 0. The number of hydrogen-bond donors (Lipinski definition) is 1. The fourth-order valence-electron chi connectivity index (χ4n) is 2.35. The SMILES string of the molecule is CC(C)(CCCOc1ccc(/C=C/c2ccc(C#N)cc2)cc1)C(=O)O. The molecule has 0 heterocycles. The van der Waals surface area contributed by atoms with Crippen LogP contribution in [0.25, 0.3) is 12.2 Å². The molecule has 0 radical (unpaired) electrons. The van der Waals surface area contributed by atoms with Gasteiger partial charge in [-0.2, -0.15) is 5.26 Å². The van der Waals surface area contributed by atoms with Crippen molar-refractivity contribution in [3.8, 4) is 11.8 Å². The van der Waals surface area contributed by atoms with Gasteiger partial charge in [0.2, 0.25) is 0 Å². The lowest BCUT2D eigenvalue weighted by Gasteiger charge is -2.18. The molecule has 134 valence electrons. The summed E-state index contributed by atoms with van der Waals surface area (Å²) in [6.45, 7) is 3.95. The molecule has 0 fully saturated rings. The molecule has 0 spiro atoms. The molecule has 0 unspecified atom stereocenters. The van der Waals surface area contributed by atoms with Crippen molar-refractivity contribution in [3.63, 3.8) is 0 Å². The number of carboxylic acid groups (broad SMARTS) is 1. The molecule has 26 heavy (non-hydrogen) atoms. The van der Waals surface area contributed by atoms with Gasteiger partial charge in [-0.25, -0.2) is 0 Å². The third-order valence-electron chi connectivity index (χ3n) is 4.18. The molecule has 4 nitrogen and oxygen atoms in total. The van der Waals surface area contributed by atoms with Crippen LogP contribution in [-0.2, 0) is 4.79 Å². The molecule has 0 aromatic heterocycles. The summed E-state index contributed by atoms with van der Waals surface area (Å²) in [5, 5.41) is 17.9. The van der Waals surface area contributed by atoms with Crippen LogP contribution in [0.15, 0.2) is 48.5 Å². The standard InChI is InChI=1S/C22H23NO3/c1-22(2,21(24)25)14-3-15-26-20-12-10-18(11-13-20)5-4-17-6-8-19(16-23)9-7-17/h4-13H,3,14-15H2,1-2H3,(H,24,25)/b5-4+. The minimum Gasteiger partial charge on any atom is -0.494 e. The van der Waals surface area contributed by atoms with E-state index in [9.17, 15) is 4.79 Å². The van der Waals surface area contributed by atoms with E-state index in [0.717, 1.165) is 16.9 Å². The van der Waals surface area contributed by atoms with E-state index in [1.165, 1.54) is 0 Å². The smallest absolute Gasteiger partial charge is 0.309 e. The van der Waals surface area contributed by atoms with Gasteiger partial charge in [0.1, 0.15) is 5.75 Å². The number of benzene rings is 2. The van der Waals surface area contributed by atoms with E-state index >= 15 is 0 Å². The second-order valence-corrected chi connectivity index (χ2v) is 6.78. The zero-order chi connectivity index (χ0) is 19.0. The van der Waals surface area contributed by atoms with Crippen molar-refractivity contribution < 1.29 is 14.6 Å². The van der Waals surface area contributed by atoms with Crippen molar-refractivity contribution in [1.82, 2.24) is 0 Å². The minimum absolute atomic E-state index is 0.497. The molecule has 0 aliphatic heterocycles. The van der Waals surface area contributed by atoms with Crippen LogP contribution in [0, 0.1) is 16.7 Å². The van der Waals surface area contributed by atoms with Gasteiger partial charge in [-0.15, -0.1) is 0 Å². The first-order valence-electron chi connectivity index (χ1n) is 8.55. The molecular weight excluding hydrogens is 326 g/mol. The maximum Gasteiger partial charge on any atom is 0.309 e. The van der Waals surface area contributed by atoms with Gasteiger partial charge in [0.15, 0.2) is 0 Å². The maximum atomic E-state index is 11.1.